The Balaban J connectivity index is 1.66. The molecule has 5 rings (SSSR count). The van der Waals surface area contributed by atoms with Gasteiger partial charge >= 0.3 is 5.97 Å². The van der Waals surface area contributed by atoms with Gasteiger partial charge in [-0.25, -0.2) is 0 Å². The third kappa shape index (κ3) is 4.00. The number of carbonyl (C=O) groups excluding carboxylic acids is 2. The van der Waals surface area contributed by atoms with Crippen LogP contribution in [-0.2, 0) is 9.53 Å². The number of aliphatic imine (C=N–C) groups is 1. The first-order valence-electron chi connectivity index (χ1n) is 11.2. The number of fused-ring (bicyclic) bond motifs is 3. The zero-order valence-corrected chi connectivity index (χ0v) is 20.7. The van der Waals surface area contributed by atoms with Crippen molar-refractivity contribution in [2.75, 3.05) is 7.11 Å². The molecule has 3 heterocycles. The quantitative estimate of drug-likeness (QED) is 0.287. The fourth-order valence-electron chi connectivity index (χ4n) is 4.38. The van der Waals surface area contributed by atoms with Gasteiger partial charge in [-0.1, -0.05) is 42.5 Å². The molecule has 2 aromatic carbocycles. The van der Waals surface area contributed by atoms with E-state index in [2.05, 4.69) is 24.0 Å². The number of hydrogen-bond acceptors (Lipinski definition) is 7. The number of thiophene rings is 1. The Morgan fingerprint density at radius 3 is 2.51 bits per heavy atom. The second-order valence-electron chi connectivity index (χ2n) is 8.50. The molecule has 0 radical (unpaired) electrons. The summed E-state index contributed by atoms with van der Waals surface area (Å²) in [5.41, 5.74) is 6.53. The first kappa shape index (κ1) is 22.9. The van der Waals surface area contributed by atoms with Crippen LogP contribution in [0, 0.1) is 20.8 Å². The molecule has 0 aliphatic carbocycles. The molecule has 0 unspecified atom stereocenters. The summed E-state index contributed by atoms with van der Waals surface area (Å²) in [5, 5.41) is 9.69. The number of ether oxygens (including phenoxy) is 1. The SMILES string of the molecule is COC(=O)C[C@@H]1N=C(c2ccc(-c3cccc(C=O)c3)cc2)c2c(sc(C)c2C)-n2c(C)nnc21. The fourth-order valence-corrected chi connectivity index (χ4v) is 5.59. The average Bonchev–Trinajstić information content (AvgIpc) is 3.36. The Labute approximate surface area is 207 Å². The Bertz CT molecular complexity index is 1480. The number of aldehydes is 1. The Hall–Kier alpha value is -3.91. The molecule has 0 amide bonds. The van der Waals surface area contributed by atoms with E-state index in [1.807, 2.05) is 54.0 Å². The van der Waals surface area contributed by atoms with E-state index in [0.717, 1.165) is 50.6 Å². The first-order chi connectivity index (χ1) is 16.9. The molecule has 1 aliphatic heterocycles. The molecule has 8 heteroatoms. The summed E-state index contributed by atoms with van der Waals surface area (Å²) in [4.78, 5) is 29.7. The monoisotopic (exact) mass is 484 g/mol. The minimum absolute atomic E-state index is 0.0711. The molecule has 1 aliphatic rings. The summed E-state index contributed by atoms with van der Waals surface area (Å²) in [6, 6.07) is 15.1. The summed E-state index contributed by atoms with van der Waals surface area (Å²) in [5.74, 6) is 1.03. The van der Waals surface area contributed by atoms with E-state index >= 15 is 0 Å². The highest BCUT2D eigenvalue weighted by molar-refractivity contribution is 7.15. The maximum Gasteiger partial charge on any atom is 0.308 e. The van der Waals surface area contributed by atoms with Gasteiger partial charge in [0.05, 0.1) is 19.2 Å². The van der Waals surface area contributed by atoms with Gasteiger partial charge in [-0.05, 0) is 43.5 Å². The molecule has 0 spiro atoms. The molecule has 0 bridgehead atoms. The maximum atomic E-state index is 12.3. The number of hydrogen-bond donors (Lipinski definition) is 0. The van der Waals surface area contributed by atoms with Gasteiger partial charge in [0.1, 0.15) is 23.2 Å². The van der Waals surface area contributed by atoms with Crippen LogP contribution in [0.25, 0.3) is 16.1 Å². The highest BCUT2D eigenvalue weighted by Gasteiger charge is 2.32. The topological polar surface area (TPSA) is 86.4 Å². The lowest BCUT2D eigenvalue weighted by atomic mass is 9.96. The van der Waals surface area contributed by atoms with Crippen molar-refractivity contribution in [3.05, 3.63) is 87.3 Å². The number of rotatable bonds is 5. The Morgan fingerprint density at radius 2 is 1.80 bits per heavy atom. The number of nitrogens with zero attached hydrogens (tertiary/aromatic N) is 4. The zero-order valence-electron chi connectivity index (χ0n) is 19.9. The summed E-state index contributed by atoms with van der Waals surface area (Å²) >= 11 is 1.67. The standard InChI is InChI=1S/C27H24N4O3S/c1-15-16(2)35-27-24(15)25(28-22(13-23(33)34-4)26-30-29-17(3)31(26)27)20-10-8-19(9-11-20)21-7-5-6-18(12-21)14-32/h5-12,14,22H,13H2,1-4H3/t22-/m0/s1. The number of aromatic nitrogens is 3. The van der Waals surface area contributed by atoms with Crippen molar-refractivity contribution in [2.24, 2.45) is 4.99 Å². The van der Waals surface area contributed by atoms with Crippen LogP contribution >= 0.6 is 11.3 Å². The van der Waals surface area contributed by atoms with Crippen molar-refractivity contribution in [3.8, 4) is 16.1 Å². The van der Waals surface area contributed by atoms with Crippen LogP contribution in [0.4, 0.5) is 0 Å². The van der Waals surface area contributed by atoms with E-state index in [1.54, 1.807) is 17.4 Å². The normalized spacial score (nSPS) is 14.5. The van der Waals surface area contributed by atoms with E-state index in [1.165, 1.54) is 12.0 Å². The highest BCUT2D eigenvalue weighted by Crippen LogP contribution is 2.39. The minimum Gasteiger partial charge on any atom is -0.469 e. The van der Waals surface area contributed by atoms with Crippen molar-refractivity contribution in [1.29, 1.82) is 0 Å². The summed E-state index contributed by atoms with van der Waals surface area (Å²) in [6.07, 6.45) is 0.921. The lowest BCUT2D eigenvalue weighted by molar-refractivity contribution is -0.141. The van der Waals surface area contributed by atoms with Gasteiger partial charge in [0.2, 0.25) is 0 Å². The van der Waals surface area contributed by atoms with Crippen molar-refractivity contribution < 1.29 is 14.3 Å². The zero-order chi connectivity index (χ0) is 24.7. The van der Waals surface area contributed by atoms with E-state index in [-0.39, 0.29) is 12.4 Å². The number of esters is 1. The maximum absolute atomic E-state index is 12.3. The second kappa shape index (κ2) is 9.03. The van der Waals surface area contributed by atoms with Crippen LogP contribution in [-0.4, -0.2) is 39.8 Å². The van der Waals surface area contributed by atoms with Crippen molar-refractivity contribution >= 4 is 29.3 Å². The number of carbonyl (C=O) groups is 2. The molecule has 176 valence electrons. The van der Waals surface area contributed by atoms with Crippen LogP contribution in [0.3, 0.4) is 0 Å². The van der Waals surface area contributed by atoms with E-state index in [9.17, 15) is 9.59 Å². The molecule has 0 saturated carbocycles. The van der Waals surface area contributed by atoms with Gasteiger partial charge in [0.25, 0.3) is 0 Å². The predicted molar refractivity (Wildman–Crippen MR) is 136 cm³/mol. The molecular formula is C27H24N4O3S. The third-order valence-corrected chi connectivity index (χ3v) is 7.53. The third-order valence-electron chi connectivity index (χ3n) is 6.34. The second-order valence-corrected chi connectivity index (χ2v) is 9.70. The van der Waals surface area contributed by atoms with Gasteiger partial charge in [-0.3, -0.25) is 19.1 Å². The van der Waals surface area contributed by atoms with Crippen LogP contribution in [0.5, 0.6) is 0 Å². The van der Waals surface area contributed by atoms with Crippen molar-refractivity contribution in [3.63, 3.8) is 0 Å². The number of benzene rings is 2. The van der Waals surface area contributed by atoms with Crippen LogP contribution in [0.2, 0.25) is 0 Å². The summed E-state index contributed by atoms with van der Waals surface area (Å²) < 4.78 is 6.97. The number of aryl methyl sites for hydroxylation is 2. The smallest absolute Gasteiger partial charge is 0.308 e. The highest BCUT2D eigenvalue weighted by atomic mass is 32.1. The molecule has 1 atom stereocenters. The molecule has 2 aromatic heterocycles. The van der Waals surface area contributed by atoms with Gasteiger partial charge < -0.3 is 4.74 Å². The average molecular weight is 485 g/mol. The van der Waals surface area contributed by atoms with Gasteiger partial charge in [0, 0.05) is 21.6 Å². The Morgan fingerprint density at radius 1 is 1.06 bits per heavy atom. The molecule has 4 aromatic rings. The predicted octanol–water partition coefficient (Wildman–Crippen LogP) is 5.19. The minimum atomic E-state index is -0.526. The van der Waals surface area contributed by atoms with Crippen molar-refractivity contribution in [1.82, 2.24) is 14.8 Å². The molecule has 35 heavy (non-hydrogen) atoms. The molecular weight excluding hydrogens is 460 g/mol. The molecule has 0 fully saturated rings. The molecule has 0 N–H and O–H groups in total. The number of methoxy groups -OCH3 is 1. The van der Waals surface area contributed by atoms with E-state index in [4.69, 9.17) is 9.73 Å². The summed E-state index contributed by atoms with van der Waals surface area (Å²) in [6.45, 7) is 6.10. The van der Waals surface area contributed by atoms with E-state index < -0.39 is 6.04 Å². The Kier molecular flexibility index (Phi) is 5.90. The van der Waals surface area contributed by atoms with Gasteiger partial charge in [-0.15, -0.1) is 21.5 Å². The van der Waals surface area contributed by atoms with Gasteiger partial charge in [0.15, 0.2) is 5.82 Å². The van der Waals surface area contributed by atoms with Crippen LogP contribution in [0.15, 0.2) is 53.5 Å². The molecule has 0 saturated heterocycles. The first-order valence-corrected chi connectivity index (χ1v) is 12.1. The van der Waals surface area contributed by atoms with Crippen LogP contribution in [0.1, 0.15) is 56.0 Å². The molecule has 7 nitrogen and oxygen atoms in total. The largest absolute Gasteiger partial charge is 0.469 e. The van der Waals surface area contributed by atoms with Crippen molar-refractivity contribution in [2.45, 2.75) is 33.2 Å². The van der Waals surface area contributed by atoms with Gasteiger partial charge in [-0.2, -0.15) is 0 Å². The lowest BCUT2D eigenvalue weighted by Crippen LogP contribution is -2.12. The van der Waals surface area contributed by atoms with Crippen LogP contribution < -0.4 is 0 Å². The summed E-state index contributed by atoms with van der Waals surface area (Å²) in [7, 11) is 1.38. The van der Waals surface area contributed by atoms with E-state index in [0.29, 0.717) is 11.4 Å². The fraction of sp³-hybridized carbons (Fsp3) is 0.222. The lowest BCUT2D eigenvalue weighted by Gasteiger charge is -2.12.